The predicted molar refractivity (Wildman–Crippen MR) is 72.3 cm³/mol. The van der Waals surface area contributed by atoms with E-state index in [0.29, 0.717) is 6.54 Å². The van der Waals surface area contributed by atoms with Crippen LogP contribution in [0.15, 0.2) is 12.2 Å². The van der Waals surface area contributed by atoms with Gasteiger partial charge in [-0.05, 0) is 37.6 Å². The quantitative estimate of drug-likeness (QED) is 0.603. The minimum Gasteiger partial charge on any atom is -0.316 e. The molecule has 3 rings (SSSR count). The van der Waals surface area contributed by atoms with Gasteiger partial charge in [0.25, 0.3) is 0 Å². The SMILES string of the molecule is CC1(CN2C(=O)[C@H]3CC=CC[C@H]3C2=O)CCCNC1. The number of carbonyl (C=O) groups is 2. The molecule has 0 bridgehead atoms. The first-order chi connectivity index (χ1) is 9.11. The van der Waals surface area contributed by atoms with E-state index in [0.717, 1.165) is 38.8 Å². The average Bonchev–Trinajstić information content (AvgIpc) is 2.65. The minimum atomic E-state index is -0.0855. The van der Waals surface area contributed by atoms with Gasteiger partial charge in [-0.15, -0.1) is 0 Å². The van der Waals surface area contributed by atoms with Gasteiger partial charge < -0.3 is 5.32 Å². The van der Waals surface area contributed by atoms with Gasteiger partial charge >= 0.3 is 0 Å². The molecule has 2 heterocycles. The van der Waals surface area contributed by atoms with Crippen molar-refractivity contribution in [3.8, 4) is 0 Å². The van der Waals surface area contributed by atoms with Gasteiger partial charge in [-0.3, -0.25) is 14.5 Å². The number of nitrogens with zero attached hydrogens (tertiary/aromatic N) is 1. The highest BCUT2D eigenvalue weighted by Gasteiger charge is 2.48. The molecule has 1 N–H and O–H groups in total. The summed E-state index contributed by atoms with van der Waals surface area (Å²) in [6, 6.07) is 0. The molecule has 0 radical (unpaired) electrons. The van der Waals surface area contributed by atoms with Gasteiger partial charge in [0, 0.05) is 13.1 Å². The Balaban J connectivity index is 1.74. The zero-order valence-electron chi connectivity index (χ0n) is 11.5. The fourth-order valence-corrected chi connectivity index (χ4v) is 3.66. The molecule has 1 unspecified atom stereocenters. The maximum Gasteiger partial charge on any atom is 0.233 e. The first kappa shape index (κ1) is 12.9. The molecule has 4 nitrogen and oxygen atoms in total. The van der Waals surface area contributed by atoms with Crippen molar-refractivity contribution in [3.05, 3.63) is 12.2 Å². The van der Waals surface area contributed by atoms with E-state index in [1.54, 1.807) is 4.90 Å². The second-order valence-corrected chi connectivity index (χ2v) is 6.51. The average molecular weight is 262 g/mol. The van der Waals surface area contributed by atoms with Crippen LogP contribution in [0.2, 0.25) is 0 Å². The molecule has 0 saturated carbocycles. The van der Waals surface area contributed by atoms with E-state index in [1.165, 1.54) is 0 Å². The van der Waals surface area contributed by atoms with Crippen molar-refractivity contribution >= 4 is 11.8 Å². The summed E-state index contributed by atoms with van der Waals surface area (Å²) in [4.78, 5) is 26.4. The lowest BCUT2D eigenvalue weighted by molar-refractivity contribution is -0.141. The molecule has 2 amide bonds. The van der Waals surface area contributed by atoms with Crippen molar-refractivity contribution in [2.24, 2.45) is 17.3 Å². The first-order valence-corrected chi connectivity index (χ1v) is 7.32. The van der Waals surface area contributed by atoms with Gasteiger partial charge in [0.05, 0.1) is 11.8 Å². The van der Waals surface area contributed by atoms with Crippen molar-refractivity contribution in [3.63, 3.8) is 0 Å². The monoisotopic (exact) mass is 262 g/mol. The largest absolute Gasteiger partial charge is 0.316 e. The van der Waals surface area contributed by atoms with Crippen LogP contribution in [-0.4, -0.2) is 36.3 Å². The molecule has 3 atom stereocenters. The van der Waals surface area contributed by atoms with Crippen LogP contribution in [0.25, 0.3) is 0 Å². The molecule has 0 spiro atoms. The Hall–Kier alpha value is -1.16. The lowest BCUT2D eigenvalue weighted by atomic mass is 9.82. The normalized spacial score (nSPS) is 38.7. The van der Waals surface area contributed by atoms with Gasteiger partial charge in [0.15, 0.2) is 0 Å². The van der Waals surface area contributed by atoms with Gasteiger partial charge in [0.1, 0.15) is 0 Å². The third kappa shape index (κ3) is 2.22. The van der Waals surface area contributed by atoms with Gasteiger partial charge in [-0.2, -0.15) is 0 Å². The third-order valence-corrected chi connectivity index (χ3v) is 4.82. The van der Waals surface area contributed by atoms with E-state index in [4.69, 9.17) is 0 Å². The van der Waals surface area contributed by atoms with E-state index in [9.17, 15) is 9.59 Å². The Morgan fingerprint density at radius 2 is 1.89 bits per heavy atom. The Morgan fingerprint density at radius 1 is 1.26 bits per heavy atom. The second-order valence-electron chi connectivity index (χ2n) is 6.51. The summed E-state index contributed by atoms with van der Waals surface area (Å²) >= 11 is 0. The Kier molecular flexibility index (Phi) is 3.21. The van der Waals surface area contributed by atoms with Gasteiger partial charge in [-0.25, -0.2) is 0 Å². The summed E-state index contributed by atoms with van der Waals surface area (Å²) in [5.41, 5.74) is 0.0461. The van der Waals surface area contributed by atoms with E-state index in [1.807, 2.05) is 12.2 Å². The number of hydrogen-bond acceptors (Lipinski definition) is 3. The van der Waals surface area contributed by atoms with Gasteiger partial charge in [-0.1, -0.05) is 19.1 Å². The minimum absolute atomic E-state index is 0.0461. The zero-order valence-corrected chi connectivity index (χ0v) is 11.5. The molecule has 0 aromatic heterocycles. The summed E-state index contributed by atoms with van der Waals surface area (Å²) in [5.74, 6) is -0.0485. The van der Waals surface area contributed by atoms with Crippen molar-refractivity contribution < 1.29 is 9.59 Å². The van der Waals surface area contributed by atoms with Crippen LogP contribution in [0, 0.1) is 17.3 Å². The van der Waals surface area contributed by atoms with E-state index < -0.39 is 0 Å². The highest BCUT2D eigenvalue weighted by Crippen LogP contribution is 2.37. The number of carbonyl (C=O) groups excluding carboxylic acids is 2. The lowest BCUT2D eigenvalue weighted by Crippen LogP contribution is -2.47. The molecule has 1 aliphatic carbocycles. The molecule has 3 aliphatic rings. The van der Waals surface area contributed by atoms with Crippen LogP contribution in [-0.2, 0) is 9.59 Å². The Labute approximate surface area is 114 Å². The van der Waals surface area contributed by atoms with Crippen molar-refractivity contribution in [2.45, 2.75) is 32.6 Å². The van der Waals surface area contributed by atoms with E-state index in [-0.39, 0.29) is 29.1 Å². The summed E-state index contributed by atoms with van der Waals surface area (Å²) in [6.07, 6.45) is 7.77. The first-order valence-electron chi connectivity index (χ1n) is 7.32. The molecule has 19 heavy (non-hydrogen) atoms. The maximum absolute atomic E-state index is 12.4. The topological polar surface area (TPSA) is 49.4 Å². The summed E-state index contributed by atoms with van der Waals surface area (Å²) in [5, 5.41) is 3.38. The van der Waals surface area contributed by atoms with Crippen molar-refractivity contribution in [1.29, 1.82) is 0 Å². The fraction of sp³-hybridized carbons (Fsp3) is 0.733. The van der Waals surface area contributed by atoms with Crippen LogP contribution in [0.3, 0.4) is 0 Å². The number of imide groups is 1. The number of piperidine rings is 1. The van der Waals surface area contributed by atoms with Crippen LogP contribution in [0.4, 0.5) is 0 Å². The zero-order chi connectivity index (χ0) is 13.5. The van der Waals surface area contributed by atoms with E-state index >= 15 is 0 Å². The molecule has 0 aromatic carbocycles. The molecule has 104 valence electrons. The number of allylic oxidation sites excluding steroid dienone is 2. The van der Waals surface area contributed by atoms with E-state index in [2.05, 4.69) is 12.2 Å². The molecular weight excluding hydrogens is 240 g/mol. The smallest absolute Gasteiger partial charge is 0.233 e. The molecule has 2 aliphatic heterocycles. The summed E-state index contributed by atoms with van der Waals surface area (Å²) in [6.45, 7) is 4.72. The standard InChI is InChI=1S/C15H22N2O2/c1-15(7-4-8-16-9-15)10-17-13(18)11-5-2-3-6-12(11)14(17)19/h2-3,11-12,16H,4-10H2,1H3/t11-,12+,15?. The van der Waals surface area contributed by atoms with Gasteiger partial charge in [0.2, 0.25) is 11.8 Å². The molecule has 2 fully saturated rings. The van der Waals surface area contributed by atoms with Crippen LogP contribution < -0.4 is 5.32 Å². The fourth-order valence-electron chi connectivity index (χ4n) is 3.66. The van der Waals surface area contributed by atoms with Crippen LogP contribution >= 0.6 is 0 Å². The number of rotatable bonds is 2. The summed E-state index contributed by atoms with van der Waals surface area (Å²) < 4.78 is 0. The molecular formula is C15H22N2O2. The number of fused-ring (bicyclic) bond motifs is 1. The van der Waals surface area contributed by atoms with Crippen molar-refractivity contribution in [2.75, 3.05) is 19.6 Å². The number of nitrogens with one attached hydrogen (secondary N) is 1. The Morgan fingerprint density at radius 3 is 2.42 bits per heavy atom. The number of amides is 2. The highest BCUT2D eigenvalue weighted by atomic mass is 16.2. The highest BCUT2D eigenvalue weighted by molar-refractivity contribution is 6.05. The lowest BCUT2D eigenvalue weighted by Gasteiger charge is -2.36. The number of likely N-dealkylation sites (tertiary alicyclic amines) is 1. The maximum atomic E-state index is 12.4. The summed E-state index contributed by atoms with van der Waals surface area (Å²) in [7, 11) is 0. The van der Waals surface area contributed by atoms with Crippen LogP contribution in [0.1, 0.15) is 32.6 Å². The molecule has 0 aromatic rings. The molecule has 4 heteroatoms. The Bertz CT molecular complexity index is 398. The second kappa shape index (κ2) is 4.75. The molecule has 2 saturated heterocycles. The predicted octanol–water partition coefficient (Wildman–Crippen LogP) is 1.33. The number of hydrogen-bond donors (Lipinski definition) is 1. The third-order valence-electron chi connectivity index (χ3n) is 4.82. The van der Waals surface area contributed by atoms with Crippen LogP contribution in [0.5, 0.6) is 0 Å². The van der Waals surface area contributed by atoms with Crippen molar-refractivity contribution in [1.82, 2.24) is 10.2 Å².